The normalized spacial score (nSPS) is 15.8. The predicted molar refractivity (Wildman–Crippen MR) is 97.4 cm³/mol. The summed E-state index contributed by atoms with van der Waals surface area (Å²) in [5.74, 6) is 0.108. The number of amides is 1. The quantitative estimate of drug-likeness (QED) is 0.745. The Morgan fingerprint density at radius 3 is 2.45 bits per heavy atom. The van der Waals surface area contributed by atoms with Crippen LogP contribution in [0.15, 0.2) is 28.7 Å². The van der Waals surface area contributed by atoms with E-state index in [2.05, 4.69) is 39.4 Å². The largest absolute Gasteiger partial charge is 0.355 e. The minimum atomic E-state index is -0.409. The van der Waals surface area contributed by atoms with Gasteiger partial charge in [-0.1, -0.05) is 41.9 Å². The summed E-state index contributed by atoms with van der Waals surface area (Å²) in [4.78, 5) is 12.5. The fraction of sp³-hybridized carbons (Fsp3) is 0.588. The van der Waals surface area contributed by atoms with E-state index in [0.717, 1.165) is 30.2 Å². The number of hydrogen-bond acceptors (Lipinski definition) is 2. The van der Waals surface area contributed by atoms with E-state index in [4.69, 9.17) is 5.73 Å². The smallest absolute Gasteiger partial charge is 0.227 e. The van der Waals surface area contributed by atoms with Crippen LogP contribution in [0.1, 0.15) is 45.1 Å². The number of carbonyl (C=O) groups excluding carboxylic acids is 1. The van der Waals surface area contributed by atoms with Crippen LogP contribution in [-0.2, 0) is 10.2 Å². The molecule has 0 bridgehead atoms. The molecule has 22 heavy (non-hydrogen) atoms. The van der Waals surface area contributed by atoms with Crippen molar-refractivity contribution in [3.63, 3.8) is 0 Å². The lowest BCUT2D eigenvalue weighted by atomic mass is 9.81. The SMILES string of the molecule is CCC(CC)(CN)C(=O)NCC1(c2cccc(Br)c2)CC1.Cl. The molecule has 1 saturated carbocycles. The third-order valence-corrected chi connectivity index (χ3v) is 5.60. The molecule has 5 heteroatoms. The Labute approximate surface area is 148 Å². The van der Waals surface area contributed by atoms with Gasteiger partial charge in [-0.05, 0) is 43.4 Å². The average Bonchev–Trinajstić information content (AvgIpc) is 3.29. The van der Waals surface area contributed by atoms with Crippen LogP contribution in [0, 0.1) is 5.41 Å². The highest BCUT2D eigenvalue weighted by molar-refractivity contribution is 9.10. The van der Waals surface area contributed by atoms with Crippen LogP contribution in [0.3, 0.4) is 0 Å². The fourth-order valence-corrected chi connectivity index (χ4v) is 3.33. The van der Waals surface area contributed by atoms with E-state index in [-0.39, 0.29) is 23.7 Å². The average molecular weight is 390 g/mol. The van der Waals surface area contributed by atoms with Gasteiger partial charge in [0.2, 0.25) is 5.91 Å². The molecule has 0 saturated heterocycles. The first-order valence-corrected chi connectivity index (χ1v) is 8.55. The first kappa shape index (κ1) is 19.5. The van der Waals surface area contributed by atoms with Crippen molar-refractivity contribution in [3.8, 4) is 0 Å². The molecule has 0 aromatic heterocycles. The van der Waals surface area contributed by atoms with Gasteiger partial charge in [-0.3, -0.25) is 4.79 Å². The lowest BCUT2D eigenvalue weighted by Gasteiger charge is -2.29. The first-order valence-electron chi connectivity index (χ1n) is 7.76. The summed E-state index contributed by atoms with van der Waals surface area (Å²) in [7, 11) is 0. The summed E-state index contributed by atoms with van der Waals surface area (Å²) >= 11 is 3.52. The molecule has 3 N–H and O–H groups in total. The summed E-state index contributed by atoms with van der Waals surface area (Å²) in [6, 6.07) is 8.41. The molecule has 1 aliphatic carbocycles. The molecule has 1 aromatic carbocycles. The second-order valence-electron chi connectivity index (χ2n) is 6.16. The van der Waals surface area contributed by atoms with Gasteiger partial charge in [0.1, 0.15) is 0 Å². The summed E-state index contributed by atoms with van der Waals surface area (Å²) in [6.07, 6.45) is 3.85. The van der Waals surface area contributed by atoms with Crippen LogP contribution in [0.4, 0.5) is 0 Å². The number of nitrogens with one attached hydrogen (secondary N) is 1. The zero-order valence-corrected chi connectivity index (χ0v) is 15.7. The highest BCUT2D eigenvalue weighted by Gasteiger charge is 2.45. The maximum absolute atomic E-state index is 12.5. The fourth-order valence-electron chi connectivity index (χ4n) is 2.93. The standard InChI is InChI=1S/C17H25BrN2O.ClH/c1-3-16(4-2,11-19)15(21)20-12-17(8-9-17)13-6-5-7-14(18)10-13;/h5-7,10H,3-4,8-9,11-12,19H2,1-2H3,(H,20,21);1H. The number of hydrogen-bond donors (Lipinski definition) is 2. The van der Waals surface area contributed by atoms with Crippen molar-refractivity contribution in [2.75, 3.05) is 13.1 Å². The van der Waals surface area contributed by atoms with Crippen LogP contribution in [-0.4, -0.2) is 19.0 Å². The van der Waals surface area contributed by atoms with Gasteiger partial charge in [0, 0.05) is 23.0 Å². The van der Waals surface area contributed by atoms with E-state index < -0.39 is 5.41 Å². The van der Waals surface area contributed by atoms with Crippen LogP contribution < -0.4 is 11.1 Å². The van der Waals surface area contributed by atoms with Crippen molar-refractivity contribution in [1.29, 1.82) is 0 Å². The number of nitrogens with two attached hydrogens (primary N) is 1. The molecule has 1 amide bonds. The molecular formula is C17H26BrClN2O. The Balaban J connectivity index is 0.00000242. The second-order valence-corrected chi connectivity index (χ2v) is 7.08. The molecule has 0 aliphatic heterocycles. The van der Waals surface area contributed by atoms with Gasteiger partial charge in [-0.15, -0.1) is 12.4 Å². The lowest BCUT2D eigenvalue weighted by molar-refractivity contribution is -0.131. The van der Waals surface area contributed by atoms with Gasteiger partial charge in [-0.25, -0.2) is 0 Å². The van der Waals surface area contributed by atoms with E-state index in [9.17, 15) is 4.79 Å². The zero-order chi connectivity index (χ0) is 15.5. The highest BCUT2D eigenvalue weighted by Crippen LogP contribution is 2.48. The lowest BCUT2D eigenvalue weighted by Crippen LogP contribution is -2.47. The van der Waals surface area contributed by atoms with Crippen molar-refractivity contribution in [1.82, 2.24) is 5.32 Å². The maximum atomic E-state index is 12.5. The van der Waals surface area contributed by atoms with Gasteiger partial charge >= 0.3 is 0 Å². The Morgan fingerprint density at radius 2 is 2.00 bits per heavy atom. The molecule has 2 rings (SSSR count). The van der Waals surface area contributed by atoms with E-state index in [1.807, 2.05) is 19.9 Å². The van der Waals surface area contributed by atoms with Crippen molar-refractivity contribution < 1.29 is 4.79 Å². The monoisotopic (exact) mass is 388 g/mol. The molecule has 0 radical (unpaired) electrons. The molecule has 124 valence electrons. The predicted octanol–water partition coefficient (Wildman–Crippen LogP) is 3.78. The van der Waals surface area contributed by atoms with E-state index in [1.165, 1.54) is 5.56 Å². The third-order valence-electron chi connectivity index (χ3n) is 5.10. The van der Waals surface area contributed by atoms with Crippen LogP contribution in [0.25, 0.3) is 0 Å². The Kier molecular flexibility index (Phi) is 6.90. The van der Waals surface area contributed by atoms with E-state index in [0.29, 0.717) is 13.1 Å². The molecule has 0 unspecified atom stereocenters. The maximum Gasteiger partial charge on any atom is 0.227 e. The minimum Gasteiger partial charge on any atom is -0.355 e. The molecule has 1 aliphatic rings. The summed E-state index contributed by atoms with van der Waals surface area (Å²) in [6.45, 7) is 5.20. The number of carbonyl (C=O) groups is 1. The second kappa shape index (κ2) is 7.80. The number of benzene rings is 1. The Morgan fingerprint density at radius 1 is 1.36 bits per heavy atom. The number of rotatable bonds is 7. The van der Waals surface area contributed by atoms with Gasteiger partial charge in [0.25, 0.3) is 0 Å². The topological polar surface area (TPSA) is 55.1 Å². The Hall–Kier alpha value is -0.580. The summed E-state index contributed by atoms with van der Waals surface area (Å²) in [5.41, 5.74) is 6.87. The number of halogens is 2. The molecule has 0 spiro atoms. The third kappa shape index (κ3) is 3.84. The van der Waals surface area contributed by atoms with E-state index >= 15 is 0 Å². The minimum absolute atomic E-state index is 0. The molecular weight excluding hydrogens is 364 g/mol. The van der Waals surface area contributed by atoms with Gasteiger partial charge in [0.15, 0.2) is 0 Å². The van der Waals surface area contributed by atoms with E-state index in [1.54, 1.807) is 0 Å². The Bertz CT molecular complexity index is 505. The zero-order valence-electron chi connectivity index (χ0n) is 13.3. The van der Waals surface area contributed by atoms with Crippen LogP contribution in [0.2, 0.25) is 0 Å². The van der Waals surface area contributed by atoms with Gasteiger partial charge in [-0.2, -0.15) is 0 Å². The van der Waals surface area contributed by atoms with Crippen molar-refractivity contribution >= 4 is 34.2 Å². The van der Waals surface area contributed by atoms with Crippen LogP contribution >= 0.6 is 28.3 Å². The summed E-state index contributed by atoms with van der Waals surface area (Å²) in [5, 5.41) is 3.16. The molecule has 1 fully saturated rings. The molecule has 1 aromatic rings. The van der Waals surface area contributed by atoms with Gasteiger partial charge < -0.3 is 11.1 Å². The molecule has 0 atom stereocenters. The van der Waals surface area contributed by atoms with Gasteiger partial charge in [0.05, 0.1) is 5.41 Å². The summed E-state index contributed by atoms with van der Waals surface area (Å²) < 4.78 is 1.09. The molecule has 0 heterocycles. The van der Waals surface area contributed by atoms with Crippen molar-refractivity contribution in [2.45, 2.75) is 44.9 Å². The van der Waals surface area contributed by atoms with Crippen molar-refractivity contribution in [2.24, 2.45) is 11.1 Å². The molecule has 3 nitrogen and oxygen atoms in total. The van der Waals surface area contributed by atoms with Crippen molar-refractivity contribution in [3.05, 3.63) is 34.3 Å². The van der Waals surface area contributed by atoms with Crippen LogP contribution in [0.5, 0.6) is 0 Å². The first-order chi connectivity index (χ1) is 10.0. The highest BCUT2D eigenvalue weighted by atomic mass is 79.9.